The fourth-order valence-corrected chi connectivity index (χ4v) is 2.76. The smallest absolute Gasteiger partial charge is 0.0547 e. The van der Waals surface area contributed by atoms with Crippen LogP contribution in [0, 0.1) is 11.3 Å². The molecule has 2 fully saturated rings. The summed E-state index contributed by atoms with van der Waals surface area (Å²) in [6.45, 7) is 4.45. The van der Waals surface area contributed by atoms with Crippen LogP contribution in [0.3, 0.4) is 0 Å². The summed E-state index contributed by atoms with van der Waals surface area (Å²) in [5.41, 5.74) is 0.646. The molecular weight excluding hydrogens is 136 g/mol. The second-order valence-electron chi connectivity index (χ2n) is 4.21. The van der Waals surface area contributed by atoms with Crippen molar-refractivity contribution >= 4 is 0 Å². The number of ether oxygens (including phenoxy) is 1. The molecule has 2 aliphatic rings. The standard InChI is InChI=1S/C10H18O/c1-2-9-5-3-4-6-10(9)7-11-8-10/h9H,2-8H2,1H3. The fraction of sp³-hybridized carbons (Fsp3) is 1.00. The molecule has 1 aliphatic carbocycles. The molecular formula is C10H18O. The second kappa shape index (κ2) is 2.78. The topological polar surface area (TPSA) is 9.23 Å². The van der Waals surface area contributed by atoms with Crippen LogP contribution in [0.15, 0.2) is 0 Å². The molecule has 0 bridgehead atoms. The predicted octanol–water partition coefficient (Wildman–Crippen LogP) is 2.60. The molecule has 1 saturated heterocycles. The average Bonchev–Trinajstić information content (AvgIpc) is 2.01. The minimum absolute atomic E-state index is 0.646. The van der Waals surface area contributed by atoms with Gasteiger partial charge in [-0.15, -0.1) is 0 Å². The molecule has 0 aromatic rings. The first kappa shape index (κ1) is 7.60. The molecule has 1 heteroatoms. The maximum Gasteiger partial charge on any atom is 0.0547 e. The van der Waals surface area contributed by atoms with Gasteiger partial charge in [0.1, 0.15) is 0 Å². The van der Waals surface area contributed by atoms with E-state index in [1.54, 1.807) is 0 Å². The molecule has 2 rings (SSSR count). The van der Waals surface area contributed by atoms with E-state index in [1.807, 2.05) is 0 Å². The van der Waals surface area contributed by atoms with E-state index < -0.39 is 0 Å². The van der Waals surface area contributed by atoms with Crippen molar-refractivity contribution in [2.24, 2.45) is 11.3 Å². The Morgan fingerprint density at radius 3 is 2.64 bits per heavy atom. The highest BCUT2D eigenvalue weighted by atomic mass is 16.5. The molecule has 0 amide bonds. The maximum atomic E-state index is 5.35. The highest BCUT2D eigenvalue weighted by molar-refractivity contribution is 4.93. The number of hydrogen-bond acceptors (Lipinski definition) is 1. The first-order valence-electron chi connectivity index (χ1n) is 4.95. The Labute approximate surface area is 69.1 Å². The predicted molar refractivity (Wildman–Crippen MR) is 45.5 cm³/mol. The minimum Gasteiger partial charge on any atom is -0.380 e. The highest BCUT2D eigenvalue weighted by Crippen LogP contribution is 2.47. The molecule has 1 unspecified atom stereocenters. The summed E-state index contributed by atoms with van der Waals surface area (Å²) in [7, 11) is 0. The van der Waals surface area contributed by atoms with Gasteiger partial charge >= 0.3 is 0 Å². The quantitative estimate of drug-likeness (QED) is 0.564. The summed E-state index contributed by atoms with van der Waals surface area (Å²) in [6.07, 6.45) is 7.16. The molecule has 1 spiro atoms. The van der Waals surface area contributed by atoms with E-state index in [0.29, 0.717) is 5.41 Å². The lowest BCUT2D eigenvalue weighted by Gasteiger charge is -2.50. The summed E-state index contributed by atoms with van der Waals surface area (Å²) < 4.78 is 5.35. The third-order valence-corrected chi connectivity index (χ3v) is 3.62. The van der Waals surface area contributed by atoms with Crippen molar-refractivity contribution < 1.29 is 4.74 Å². The third-order valence-electron chi connectivity index (χ3n) is 3.62. The van der Waals surface area contributed by atoms with Gasteiger partial charge in [-0.05, 0) is 18.8 Å². The molecule has 0 radical (unpaired) electrons. The van der Waals surface area contributed by atoms with Crippen molar-refractivity contribution in [2.45, 2.75) is 39.0 Å². The van der Waals surface area contributed by atoms with Gasteiger partial charge < -0.3 is 4.74 Å². The van der Waals surface area contributed by atoms with Crippen molar-refractivity contribution in [1.29, 1.82) is 0 Å². The highest BCUT2D eigenvalue weighted by Gasteiger charge is 2.45. The van der Waals surface area contributed by atoms with Crippen LogP contribution in [0.25, 0.3) is 0 Å². The van der Waals surface area contributed by atoms with Gasteiger partial charge in [0, 0.05) is 5.41 Å². The molecule has 1 nitrogen and oxygen atoms in total. The number of rotatable bonds is 1. The van der Waals surface area contributed by atoms with Gasteiger partial charge in [-0.25, -0.2) is 0 Å². The largest absolute Gasteiger partial charge is 0.380 e. The Morgan fingerprint density at radius 1 is 1.36 bits per heavy atom. The van der Waals surface area contributed by atoms with Crippen molar-refractivity contribution in [2.75, 3.05) is 13.2 Å². The molecule has 1 aliphatic heterocycles. The Morgan fingerprint density at radius 2 is 2.18 bits per heavy atom. The lowest BCUT2D eigenvalue weighted by Crippen LogP contribution is -2.49. The maximum absolute atomic E-state index is 5.35. The SMILES string of the molecule is CCC1CCCCC12COC2. The molecule has 0 aromatic carbocycles. The van der Waals surface area contributed by atoms with E-state index >= 15 is 0 Å². The van der Waals surface area contributed by atoms with E-state index in [1.165, 1.54) is 32.1 Å². The average molecular weight is 154 g/mol. The lowest BCUT2D eigenvalue weighted by atomic mass is 9.64. The summed E-state index contributed by atoms with van der Waals surface area (Å²) in [4.78, 5) is 0. The Balaban J connectivity index is 2.02. The van der Waals surface area contributed by atoms with E-state index in [4.69, 9.17) is 4.74 Å². The van der Waals surface area contributed by atoms with Gasteiger partial charge in [0.25, 0.3) is 0 Å². The third kappa shape index (κ3) is 1.10. The van der Waals surface area contributed by atoms with Crippen LogP contribution >= 0.6 is 0 Å². The van der Waals surface area contributed by atoms with E-state index in [9.17, 15) is 0 Å². The minimum atomic E-state index is 0.646. The zero-order valence-corrected chi connectivity index (χ0v) is 7.44. The molecule has 0 N–H and O–H groups in total. The summed E-state index contributed by atoms with van der Waals surface area (Å²) in [5, 5.41) is 0. The summed E-state index contributed by atoms with van der Waals surface area (Å²) in [6, 6.07) is 0. The van der Waals surface area contributed by atoms with Crippen LogP contribution in [-0.2, 0) is 4.74 Å². The normalized spacial score (nSPS) is 35.2. The fourth-order valence-electron chi connectivity index (χ4n) is 2.76. The second-order valence-corrected chi connectivity index (χ2v) is 4.21. The molecule has 11 heavy (non-hydrogen) atoms. The van der Waals surface area contributed by atoms with Crippen LogP contribution in [0.4, 0.5) is 0 Å². The number of hydrogen-bond donors (Lipinski definition) is 0. The van der Waals surface area contributed by atoms with Gasteiger partial charge in [0.2, 0.25) is 0 Å². The molecule has 1 saturated carbocycles. The Hall–Kier alpha value is -0.0400. The first-order valence-corrected chi connectivity index (χ1v) is 4.95. The Bertz CT molecular complexity index is 138. The van der Waals surface area contributed by atoms with Crippen molar-refractivity contribution in [3.8, 4) is 0 Å². The van der Waals surface area contributed by atoms with Crippen LogP contribution in [-0.4, -0.2) is 13.2 Å². The van der Waals surface area contributed by atoms with Gasteiger partial charge in [-0.3, -0.25) is 0 Å². The van der Waals surface area contributed by atoms with Crippen LogP contribution in [0.5, 0.6) is 0 Å². The molecule has 1 heterocycles. The Kier molecular flexibility index (Phi) is 1.92. The first-order chi connectivity index (χ1) is 5.37. The summed E-state index contributed by atoms with van der Waals surface area (Å²) in [5.74, 6) is 0.977. The van der Waals surface area contributed by atoms with Crippen LogP contribution < -0.4 is 0 Å². The molecule has 0 aromatic heterocycles. The zero-order chi connectivity index (χ0) is 7.73. The van der Waals surface area contributed by atoms with E-state index in [0.717, 1.165) is 19.1 Å². The van der Waals surface area contributed by atoms with Gasteiger partial charge in [0.15, 0.2) is 0 Å². The van der Waals surface area contributed by atoms with Gasteiger partial charge in [-0.2, -0.15) is 0 Å². The summed E-state index contributed by atoms with van der Waals surface area (Å²) >= 11 is 0. The van der Waals surface area contributed by atoms with Crippen LogP contribution in [0.2, 0.25) is 0 Å². The zero-order valence-electron chi connectivity index (χ0n) is 7.44. The van der Waals surface area contributed by atoms with Gasteiger partial charge in [-0.1, -0.05) is 26.2 Å². The van der Waals surface area contributed by atoms with Crippen molar-refractivity contribution in [3.63, 3.8) is 0 Å². The molecule has 1 atom stereocenters. The van der Waals surface area contributed by atoms with Crippen molar-refractivity contribution in [3.05, 3.63) is 0 Å². The van der Waals surface area contributed by atoms with Gasteiger partial charge in [0.05, 0.1) is 13.2 Å². The van der Waals surface area contributed by atoms with E-state index in [2.05, 4.69) is 6.92 Å². The van der Waals surface area contributed by atoms with Crippen molar-refractivity contribution in [1.82, 2.24) is 0 Å². The monoisotopic (exact) mass is 154 g/mol. The van der Waals surface area contributed by atoms with Crippen LogP contribution in [0.1, 0.15) is 39.0 Å². The molecule has 64 valence electrons. The van der Waals surface area contributed by atoms with E-state index in [-0.39, 0.29) is 0 Å². The lowest BCUT2D eigenvalue weighted by molar-refractivity contribution is -0.162.